The largest absolute Gasteiger partial charge is 0.508 e. The van der Waals surface area contributed by atoms with Crippen LogP contribution in [0.3, 0.4) is 0 Å². The summed E-state index contributed by atoms with van der Waals surface area (Å²) in [6.07, 6.45) is -0.0307. The molecule has 0 radical (unpaired) electrons. The van der Waals surface area contributed by atoms with Crippen LogP contribution in [0.2, 0.25) is 0 Å². The molecule has 3 nitrogen and oxygen atoms in total. The maximum atomic E-state index is 9.71. The van der Waals surface area contributed by atoms with Gasteiger partial charge >= 0.3 is 0 Å². The molecule has 0 amide bonds. The van der Waals surface area contributed by atoms with Gasteiger partial charge in [-0.2, -0.15) is 0 Å². The minimum atomic E-state index is -0.0307. The summed E-state index contributed by atoms with van der Waals surface area (Å²) in [5, 5.41) is 12.9. The second kappa shape index (κ2) is 4.29. The highest BCUT2D eigenvalue weighted by Gasteiger charge is 2.18. The maximum absolute atomic E-state index is 9.71. The smallest absolute Gasteiger partial charge is 0.122 e. The predicted molar refractivity (Wildman–Crippen MR) is 57.4 cm³/mol. The summed E-state index contributed by atoms with van der Waals surface area (Å²) in [5.74, 6) is 0.285. The van der Waals surface area contributed by atoms with Crippen LogP contribution in [0.4, 0.5) is 0 Å². The summed E-state index contributed by atoms with van der Waals surface area (Å²) in [5.41, 5.74) is 0.848. The molecule has 0 saturated carbocycles. The van der Waals surface area contributed by atoms with Crippen molar-refractivity contribution in [3.05, 3.63) is 28.2 Å². The van der Waals surface area contributed by atoms with Crippen molar-refractivity contribution in [3.8, 4) is 5.75 Å². The molecule has 2 N–H and O–H groups in total. The van der Waals surface area contributed by atoms with Gasteiger partial charge in [0.25, 0.3) is 0 Å². The number of phenols is 1. The second-order valence-electron chi connectivity index (χ2n) is 3.27. The van der Waals surface area contributed by atoms with Crippen LogP contribution in [0.15, 0.2) is 22.7 Å². The number of halogens is 1. The SMILES string of the molecule is Oc1cc(Br)ccc1C1CNCCO1. The maximum Gasteiger partial charge on any atom is 0.122 e. The lowest BCUT2D eigenvalue weighted by molar-refractivity contribution is 0.0263. The number of ether oxygens (including phenoxy) is 1. The average molecular weight is 258 g/mol. The van der Waals surface area contributed by atoms with E-state index in [0.29, 0.717) is 6.61 Å². The normalized spacial score (nSPS) is 22.2. The monoisotopic (exact) mass is 257 g/mol. The van der Waals surface area contributed by atoms with E-state index in [1.165, 1.54) is 0 Å². The molecule has 0 spiro atoms. The van der Waals surface area contributed by atoms with Crippen LogP contribution in [0.1, 0.15) is 11.7 Å². The first-order valence-corrected chi connectivity index (χ1v) is 5.37. The topological polar surface area (TPSA) is 41.5 Å². The molecule has 1 atom stereocenters. The van der Waals surface area contributed by atoms with Crippen LogP contribution in [0.5, 0.6) is 5.75 Å². The third kappa shape index (κ3) is 2.08. The van der Waals surface area contributed by atoms with Gasteiger partial charge in [0.2, 0.25) is 0 Å². The number of nitrogens with one attached hydrogen (secondary N) is 1. The van der Waals surface area contributed by atoms with E-state index in [9.17, 15) is 5.11 Å². The standard InChI is InChI=1S/C10H12BrNO2/c11-7-1-2-8(9(13)5-7)10-6-12-3-4-14-10/h1-2,5,10,12-13H,3-4,6H2. The summed E-state index contributed by atoms with van der Waals surface area (Å²) >= 11 is 3.30. The molecule has 14 heavy (non-hydrogen) atoms. The molecular formula is C10H12BrNO2. The van der Waals surface area contributed by atoms with Gasteiger partial charge in [0, 0.05) is 23.1 Å². The molecule has 1 aromatic carbocycles. The van der Waals surface area contributed by atoms with Crippen LogP contribution < -0.4 is 5.32 Å². The van der Waals surface area contributed by atoms with E-state index in [2.05, 4.69) is 21.2 Å². The number of phenolic OH excluding ortho intramolecular Hbond substituents is 1. The summed E-state index contributed by atoms with van der Waals surface area (Å²) in [4.78, 5) is 0. The van der Waals surface area contributed by atoms with Gasteiger partial charge < -0.3 is 15.2 Å². The quantitative estimate of drug-likeness (QED) is 0.807. The van der Waals surface area contributed by atoms with Crippen molar-refractivity contribution >= 4 is 15.9 Å². The first-order chi connectivity index (χ1) is 6.77. The molecule has 1 aliphatic heterocycles. The van der Waals surface area contributed by atoms with E-state index in [4.69, 9.17) is 4.74 Å². The van der Waals surface area contributed by atoms with Gasteiger partial charge in [-0.25, -0.2) is 0 Å². The van der Waals surface area contributed by atoms with E-state index >= 15 is 0 Å². The first kappa shape index (κ1) is 9.96. The van der Waals surface area contributed by atoms with Crippen molar-refractivity contribution in [2.75, 3.05) is 19.7 Å². The minimum Gasteiger partial charge on any atom is -0.508 e. The molecule has 0 aromatic heterocycles. The Labute approximate surface area is 91.2 Å². The minimum absolute atomic E-state index is 0.0307. The molecule has 1 aromatic rings. The Morgan fingerprint density at radius 3 is 3.00 bits per heavy atom. The highest BCUT2D eigenvalue weighted by atomic mass is 79.9. The zero-order valence-electron chi connectivity index (χ0n) is 7.66. The van der Waals surface area contributed by atoms with Crippen molar-refractivity contribution in [2.45, 2.75) is 6.10 Å². The molecule has 0 aliphatic carbocycles. The van der Waals surface area contributed by atoms with Crippen molar-refractivity contribution in [1.82, 2.24) is 5.32 Å². The van der Waals surface area contributed by atoms with Crippen LogP contribution in [-0.2, 0) is 4.74 Å². The Bertz CT molecular complexity index is 324. The van der Waals surface area contributed by atoms with Crippen molar-refractivity contribution < 1.29 is 9.84 Å². The van der Waals surface area contributed by atoms with E-state index in [1.807, 2.05) is 12.1 Å². The van der Waals surface area contributed by atoms with Gasteiger partial charge in [0.05, 0.1) is 12.7 Å². The summed E-state index contributed by atoms with van der Waals surface area (Å²) in [7, 11) is 0. The van der Waals surface area contributed by atoms with Gasteiger partial charge in [0.1, 0.15) is 5.75 Å². The lowest BCUT2D eigenvalue weighted by Crippen LogP contribution is -2.33. The van der Waals surface area contributed by atoms with Gasteiger partial charge in [-0.15, -0.1) is 0 Å². The van der Waals surface area contributed by atoms with Crippen molar-refractivity contribution in [2.24, 2.45) is 0 Å². The number of rotatable bonds is 1. The lowest BCUT2D eigenvalue weighted by atomic mass is 10.1. The first-order valence-electron chi connectivity index (χ1n) is 4.58. The molecule has 2 rings (SSSR count). The third-order valence-electron chi connectivity index (χ3n) is 2.27. The highest BCUT2D eigenvalue weighted by molar-refractivity contribution is 9.10. The number of morpholine rings is 1. The van der Waals surface area contributed by atoms with Gasteiger partial charge in [-0.3, -0.25) is 0 Å². The predicted octanol–water partition coefficient (Wildman–Crippen LogP) is 1.82. The molecule has 1 unspecified atom stereocenters. The molecule has 1 saturated heterocycles. The number of hydrogen-bond donors (Lipinski definition) is 2. The molecule has 4 heteroatoms. The van der Waals surface area contributed by atoms with Gasteiger partial charge in [-0.1, -0.05) is 22.0 Å². The lowest BCUT2D eigenvalue weighted by Gasteiger charge is -2.24. The van der Waals surface area contributed by atoms with E-state index in [-0.39, 0.29) is 11.9 Å². The Morgan fingerprint density at radius 1 is 1.50 bits per heavy atom. The van der Waals surface area contributed by atoms with Crippen LogP contribution in [0, 0.1) is 0 Å². The van der Waals surface area contributed by atoms with Crippen LogP contribution in [-0.4, -0.2) is 24.8 Å². The van der Waals surface area contributed by atoms with Gasteiger partial charge in [-0.05, 0) is 12.1 Å². The fraction of sp³-hybridized carbons (Fsp3) is 0.400. The molecule has 1 fully saturated rings. The molecular weight excluding hydrogens is 246 g/mol. The highest BCUT2D eigenvalue weighted by Crippen LogP contribution is 2.29. The van der Waals surface area contributed by atoms with Gasteiger partial charge in [0.15, 0.2) is 0 Å². The zero-order chi connectivity index (χ0) is 9.97. The summed E-state index contributed by atoms with van der Waals surface area (Å²) < 4.78 is 6.42. The third-order valence-corrected chi connectivity index (χ3v) is 2.76. The Hall–Kier alpha value is -0.580. The number of hydrogen-bond acceptors (Lipinski definition) is 3. The molecule has 0 bridgehead atoms. The molecule has 1 aliphatic rings. The Kier molecular flexibility index (Phi) is 3.05. The zero-order valence-corrected chi connectivity index (χ0v) is 9.25. The van der Waals surface area contributed by atoms with E-state index in [0.717, 1.165) is 23.1 Å². The molecule has 76 valence electrons. The second-order valence-corrected chi connectivity index (χ2v) is 4.18. The summed E-state index contributed by atoms with van der Waals surface area (Å²) in [6.45, 7) is 2.34. The Balaban J connectivity index is 2.22. The average Bonchev–Trinajstić information content (AvgIpc) is 2.19. The Morgan fingerprint density at radius 2 is 2.36 bits per heavy atom. The number of benzene rings is 1. The van der Waals surface area contributed by atoms with Crippen molar-refractivity contribution in [1.29, 1.82) is 0 Å². The fourth-order valence-corrected chi connectivity index (χ4v) is 1.90. The van der Waals surface area contributed by atoms with Crippen molar-refractivity contribution in [3.63, 3.8) is 0 Å². The number of aromatic hydroxyl groups is 1. The fourth-order valence-electron chi connectivity index (χ4n) is 1.55. The van der Waals surface area contributed by atoms with Crippen LogP contribution in [0.25, 0.3) is 0 Å². The van der Waals surface area contributed by atoms with E-state index < -0.39 is 0 Å². The summed E-state index contributed by atoms with van der Waals surface area (Å²) in [6, 6.07) is 5.48. The van der Waals surface area contributed by atoms with Crippen LogP contribution >= 0.6 is 15.9 Å². The van der Waals surface area contributed by atoms with E-state index in [1.54, 1.807) is 6.07 Å². The molecule has 1 heterocycles.